The number of aryl methyl sites for hydroxylation is 1. The quantitative estimate of drug-likeness (QED) is 0.415. The van der Waals surface area contributed by atoms with E-state index in [1.807, 2.05) is 24.3 Å². The largest absolute Gasteiger partial charge is 0.454 e. The number of anilines is 1. The number of benzene rings is 3. The zero-order valence-electron chi connectivity index (χ0n) is 21.0. The van der Waals surface area contributed by atoms with Crippen molar-refractivity contribution in [1.29, 1.82) is 0 Å². The van der Waals surface area contributed by atoms with E-state index in [1.54, 1.807) is 0 Å². The summed E-state index contributed by atoms with van der Waals surface area (Å²) in [5.41, 5.74) is 6.30. The Morgan fingerprint density at radius 3 is 2.43 bits per heavy atom. The van der Waals surface area contributed by atoms with E-state index in [4.69, 9.17) is 9.47 Å². The van der Waals surface area contributed by atoms with Gasteiger partial charge in [0.25, 0.3) is 0 Å². The molecule has 0 bridgehead atoms. The molecule has 5 heteroatoms. The molecule has 5 rings (SSSR count). The van der Waals surface area contributed by atoms with Gasteiger partial charge in [-0.15, -0.1) is 0 Å². The van der Waals surface area contributed by atoms with Gasteiger partial charge in [-0.2, -0.15) is 0 Å². The molecule has 1 saturated carbocycles. The van der Waals surface area contributed by atoms with E-state index in [1.165, 1.54) is 11.1 Å². The topological polar surface area (TPSA) is 59.6 Å². The monoisotopic (exact) mass is 472 g/mol. The summed E-state index contributed by atoms with van der Waals surface area (Å²) in [6, 6.07) is 20.7. The second kappa shape index (κ2) is 9.04. The Labute approximate surface area is 209 Å². The van der Waals surface area contributed by atoms with Crippen molar-refractivity contribution in [2.75, 3.05) is 18.7 Å². The van der Waals surface area contributed by atoms with Gasteiger partial charge < -0.3 is 20.1 Å². The molecule has 1 fully saturated rings. The zero-order valence-corrected chi connectivity index (χ0v) is 21.0. The van der Waals surface area contributed by atoms with Gasteiger partial charge in [0.15, 0.2) is 11.5 Å². The highest BCUT2D eigenvalue weighted by Crippen LogP contribution is 2.51. The third kappa shape index (κ3) is 5.06. The normalized spacial score (nSPS) is 15.7. The first-order valence-electron chi connectivity index (χ1n) is 12.4. The fourth-order valence-electron chi connectivity index (χ4n) is 4.61. The van der Waals surface area contributed by atoms with Crippen LogP contribution in [0.4, 0.5) is 5.69 Å². The second-order valence-electron chi connectivity index (χ2n) is 11.0. The summed E-state index contributed by atoms with van der Waals surface area (Å²) >= 11 is 0. The van der Waals surface area contributed by atoms with Crippen molar-refractivity contribution in [3.63, 3.8) is 0 Å². The van der Waals surface area contributed by atoms with E-state index in [-0.39, 0.29) is 19.5 Å². The second-order valence-corrected chi connectivity index (χ2v) is 11.0. The SMILES string of the molecule is Cc1ccc(NC(=O)C2(c3ccc4c(c3)OCO4)CC2)cc1-c1ccc(CNCC(C)(C)C)cc1.[HH]. The number of carbonyl (C=O) groups excluding carboxylic acids is 1. The molecule has 1 aliphatic heterocycles. The lowest BCUT2D eigenvalue weighted by Gasteiger charge is -2.19. The smallest absolute Gasteiger partial charge is 0.235 e. The van der Waals surface area contributed by atoms with Gasteiger partial charge in [0.2, 0.25) is 12.7 Å². The van der Waals surface area contributed by atoms with Crippen LogP contribution in [0.25, 0.3) is 11.1 Å². The van der Waals surface area contributed by atoms with Gasteiger partial charge in [0.05, 0.1) is 5.41 Å². The molecule has 0 saturated heterocycles. The first-order valence-corrected chi connectivity index (χ1v) is 12.4. The molecular formula is C30H36N2O3. The van der Waals surface area contributed by atoms with Crippen LogP contribution in [-0.2, 0) is 16.8 Å². The molecular weight excluding hydrogens is 436 g/mol. The van der Waals surface area contributed by atoms with Crippen LogP contribution in [0.15, 0.2) is 60.7 Å². The molecule has 3 aromatic rings. The van der Waals surface area contributed by atoms with E-state index in [0.717, 1.165) is 59.8 Å². The van der Waals surface area contributed by atoms with Crippen molar-refractivity contribution in [1.82, 2.24) is 5.32 Å². The van der Waals surface area contributed by atoms with Gasteiger partial charge in [0.1, 0.15) is 0 Å². The predicted octanol–water partition coefficient (Wildman–Crippen LogP) is 6.44. The minimum atomic E-state index is -0.492. The standard InChI is InChI=1S/C30H34N2O3.H2/c1-20-5-11-24(16-25(20)22-8-6-21(7-9-22)17-31-18-29(2,3)4)32-28(33)30(13-14-30)23-10-12-26-27(15-23)35-19-34-26;/h5-12,15-16,31H,13-14,17-19H2,1-4H3,(H,32,33);1H. The summed E-state index contributed by atoms with van der Waals surface area (Å²) in [4.78, 5) is 13.4. The third-order valence-electron chi connectivity index (χ3n) is 6.85. The number of rotatable bonds is 7. The fraction of sp³-hybridized carbons (Fsp3) is 0.367. The van der Waals surface area contributed by atoms with Crippen LogP contribution < -0.4 is 20.1 Å². The highest BCUT2D eigenvalue weighted by atomic mass is 16.7. The lowest BCUT2D eigenvalue weighted by Crippen LogP contribution is -2.27. The summed E-state index contributed by atoms with van der Waals surface area (Å²) in [5, 5.41) is 6.71. The summed E-state index contributed by atoms with van der Waals surface area (Å²) in [5.74, 6) is 1.49. The number of carbonyl (C=O) groups is 1. The molecule has 184 valence electrons. The predicted molar refractivity (Wildman–Crippen MR) is 142 cm³/mol. The van der Waals surface area contributed by atoms with Gasteiger partial charge in [-0.05, 0) is 77.3 Å². The van der Waals surface area contributed by atoms with Crippen molar-refractivity contribution >= 4 is 11.6 Å². The number of hydrogen-bond donors (Lipinski definition) is 2. The first kappa shape index (κ1) is 23.4. The molecule has 0 spiro atoms. The van der Waals surface area contributed by atoms with Crippen LogP contribution in [0.1, 0.15) is 51.7 Å². The van der Waals surface area contributed by atoms with E-state index >= 15 is 0 Å². The van der Waals surface area contributed by atoms with Crippen LogP contribution in [0, 0.1) is 12.3 Å². The fourth-order valence-corrected chi connectivity index (χ4v) is 4.61. The summed E-state index contributed by atoms with van der Waals surface area (Å²) in [7, 11) is 0. The summed E-state index contributed by atoms with van der Waals surface area (Å²) in [6.45, 7) is 10.9. The van der Waals surface area contributed by atoms with E-state index in [2.05, 4.69) is 74.7 Å². The minimum absolute atomic E-state index is 0. The molecule has 0 aromatic heterocycles. The molecule has 1 amide bonds. The van der Waals surface area contributed by atoms with E-state index in [9.17, 15) is 4.79 Å². The number of nitrogens with one attached hydrogen (secondary N) is 2. The number of amides is 1. The Bertz CT molecular complexity index is 1240. The van der Waals surface area contributed by atoms with Crippen molar-refractivity contribution in [3.05, 3.63) is 77.4 Å². The average Bonchev–Trinajstić information content (AvgIpc) is 3.51. The molecule has 2 N–H and O–H groups in total. The van der Waals surface area contributed by atoms with Crippen LogP contribution in [0.3, 0.4) is 0 Å². The number of fused-ring (bicyclic) bond motifs is 1. The van der Waals surface area contributed by atoms with Crippen LogP contribution in [0.2, 0.25) is 0 Å². The van der Waals surface area contributed by atoms with E-state index < -0.39 is 5.41 Å². The van der Waals surface area contributed by atoms with Gasteiger partial charge in [-0.3, -0.25) is 4.79 Å². The van der Waals surface area contributed by atoms with Crippen molar-refractivity contribution in [3.8, 4) is 22.6 Å². The van der Waals surface area contributed by atoms with Gasteiger partial charge in [0, 0.05) is 20.2 Å². The minimum Gasteiger partial charge on any atom is -0.454 e. The first-order chi connectivity index (χ1) is 16.7. The molecule has 2 aliphatic rings. The average molecular weight is 473 g/mol. The molecule has 1 heterocycles. The highest BCUT2D eigenvalue weighted by molar-refractivity contribution is 6.02. The molecule has 0 atom stereocenters. The Morgan fingerprint density at radius 1 is 0.971 bits per heavy atom. The Hall–Kier alpha value is -3.31. The maximum absolute atomic E-state index is 13.4. The molecule has 35 heavy (non-hydrogen) atoms. The number of ether oxygens (including phenoxy) is 2. The van der Waals surface area contributed by atoms with Crippen molar-refractivity contribution in [2.24, 2.45) is 5.41 Å². The van der Waals surface area contributed by atoms with Crippen LogP contribution >= 0.6 is 0 Å². The van der Waals surface area contributed by atoms with Gasteiger partial charge >= 0.3 is 0 Å². The van der Waals surface area contributed by atoms with Crippen molar-refractivity contribution < 1.29 is 15.7 Å². The van der Waals surface area contributed by atoms with Gasteiger partial charge in [-0.25, -0.2) is 0 Å². The third-order valence-corrected chi connectivity index (χ3v) is 6.85. The molecule has 5 nitrogen and oxygen atoms in total. The van der Waals surface area contributed by atoms with Crippen molar-refractivity contribution in [2.45, 2.75) is 52.5 Å². The molecule has 0 unspecified atom stereocenters. The Balaban J connectivity index is 0.00000304. The summed E-state index contributed by atoms with van der Waals surface area (Å²) < 4.78 is 10.9. The molecule has 3 aromatic carbocycles. The zero-order chi connectivity index (χ0) is 24.6. The highest BCUT2D eigenvalue weighted by Gasteiger charge is 2.51. The molecule has 0 radical (unpaired) electrons. The Morgan fingerprint density at radius 2 is 1.71 bits per heavy atom. The van der Waals surface area contributed by atoms with Crippen LogP contribution in [-0.4, -0.2) is 19.2 Å². The lowest BCUT2D eigenvalue weighted by atomic mass is 9.94. The lowest BCUT2D eigenvalue weighted by molar-refractivity contribution is -0.118. The molecule has 1 aliphatic carbocycles. The van der Waals surface area contributed by atoms with Crippen LogP contribution in [0.5, 0.6) is 11.5 Å². The number of hydrogen-bond acceptors (Lipinski definition) is 4. The Kier molecular flexibility index (Phi) is 6.06. The summed E-state index contributed by atoms with van der Waals surface area (Å²) in [6.07, 6.45) is 1.67. The van der Waals surface area contributed by atoms with E-state index in [0.29, 0.717) is 0 Å². The maximum Gasteiger partial charge on any atom is 0.235 e. The maximum atomic E-state index is 13.4. The van der Waals surface area contributed by atoms with Gasteiger partial charge in [-0.1, -0.05) is 57.2 Å².